The van der Waals surface area contributed by atoms with Crippen molar-refractivity contribution in [2.75, 3.05) is 0 Å². The molecule has 3 unspecified atom stereocenters. The quantitative estimate of drug-likeness (QED) is 0.734. The second-order valence-electron chi connectivity index (χ2n) is 6.47. The van der Waals surface area contributed by atoms with E-state index in [0.29, 0.717) is 19.3 Å². The van der Waals surface area contributed by atoms with Crippen molar-refractivity contribution < 1.29 is 24.5 Å². The summed E-state index contributed by atoms with van der Waals surface area (Å²) in [6, 6.07) is -0.276. The number of ether oxygens (including phenoxy) is 1. The van der Waals surface area contributed by atoms with Gasteiger partial charge in [-0.1, -0.05) is 6.92 Å². The third-order valence-corrected chi connectivity index (χ3v) is 3.72. The predicted octanol–water partition coefficient (Wildman–Crippen LogP) is 1.91. The number of hydrogen-bond donors (Lipinski definition) is 3. The lowest BCUT2D eigenvalue weighted by Gasteiger charge is -2.29. The molecule has 0 aromatic rings. The van der Waals surface area contributed by atoms with Crippen LogP contribution >= 0.6 is 0 Å². The third kappa shape index (κ3) is 3.85. The molecule has 6 nitrogen and oxygen atoms in total. The van der Waals surface area contributed by atoms with Gasteiger partial charge in [-0.25, -0.2) is 4.79 Å². The first-order valence-electron chi connectivity index (χ1n) is 7.01. The van der Waals surface area contributed by atoms with Gasteiger partial charge in [0.15, 0.2) is 0 Å². The molecule has 0 radical (unpaired) electrons. The minimum atomic E-state index is -1.16. The molecule has 1 saturated carbocycles. The maximum Gasteiger partial charge on any atom is 0.407 e. The molecule has 1 amide bonds. The molecular weight excluding hydrogens is 262 g/mol. The van der Waals surface area contributed by atoms with Gasteiger partial charge in [-0.15, -0.1) is 0 Å². The zero-order valence-electron chi connectivity index (χ0n) is 12.6. The number of aliphatic hydroxyl groups is 1. The number of carbonyl (C=O) groups is 2. The summed E-state index contributed by atoms with van der Waals surface area (Å²) >= 11 is 0. The Balaban J connectivity index is 2.66. The number of amides is 1. The highest BCUT2D eigenvalue weighted by molar-refractivity contribution is 5.76. The van der Waals surface area contributed by atoms with Gasteiger partial charge < -0.3 is 20.3 Å². The lowest BCUT2D eigenvalue weighted by Crippen LogP contribution is -2.43. The molecule has 0 aliphatic heterocycles. The number of carboxylic acid groups (broad SMARTS) is 1. The van der Waals surface area contributed by atoms with Crippen LogP contribution in [0.2, 0.25) is 0 Å². The average molecular weight is 287 g/mol. The molecule has 3 atom stereocenters. The Morgan fingerprint density at radius 1 is 1.45 bits per heavy atom. The molecule has 1 aliphatic carbocycles. The fourth-order valence-corrected chi connectivity index (χ4v) is 2.70. The molecule has 1 aliphatic rings. The van der Waals surface area contributed by atoms with Crippen LogP contribution in [0.3, 0.4) is 0 Å². The standard InChI is InChI=1S/C14H25NO5/c1-5-10(16)14(11(17)18)7-6-9(8-14)15-12(19)20-13(2,3)4/h9-10,16H,5-8H2,1-4H3,(H,15,19)(H,17,18). The van der Waals surface area contributed by atoms with Crippen molar-refractivity contribution in [1.82, 2.24) is 5.32 Å². The van der Waals surface area contributed by atoms with Crippen molar-refractivity contribution in [3.8, 4) is 0 Å². The summed E-state index contributed by atoms with van der Waals surface area (Å²) in [7, 11) is 0. The van der Waals surface area contributed by atoms with Crippen LogP contribution < -0.4 is 5.32 Å². The fourth-order valence-electron chi connectivity index (χ4n) is 2.70. The smallest absolute Gasteiger partial charge is 0.407 e. The molecule has 0 spiro atoms. The van der Waals surface area contributed by atoms with E-state index < -0.39 is 29.2 Å². The Labute approximate surface area is 119 Å². The first-order valence-corrected chi connectivity index (χ1v) is 7.01. The zero-order valence-corrected chi connectivity index (χ0v) is 12.6. The number of carbonyl (C=O) groups excluding carboxylic acids is 1. The largest absolute Gasteiger partial charge is 0.481 e. The van der Waals surface area contributed by atoms with Crippen LogP contribution in [0.1, 0.15) is 53.4 Å². The Morgan fingerprint density at radius 2 is 2.05 bits per heavy atom. The molecule has 3 N–H and O–H groups in total. The van der Waals surface area contributed by atoms with Gasteiger partial charge in [0.2, 0.25) is 0 Å². The van der Waals surface area contributed by atoms with E-state index in [0.717, 1.165) is 0 Å². The molecule has 20 heavy (non-hydrogen) atoms. The number of carboxylic acids is 1. The monoisotopic (exact) mass is 287 g/mol. The number of aliphatic carboxylic acids is 1. The van der Waals surface area contributed by atoms with Gasteiger partial charge in [0.25, 0.3) is 0 Å². The Hall–Kier alpha value is -1.30. The molecule has 6 heteroatoms. The summed E-state index contributed by atoms with van der Waals surface area (Å²) < 4.78 is 5.16. The average Bonchev–Trinajstić information content (AvgIpc) is 2.70. The number of nitrogens with one attached hydrogen (secondary N) is 1. The Kier molecular flexibility index (Phi) is 5.02. The van der Waals surface area contributed by atoms with Crippen LogP contribution in [0.15, 0.2) is 0 Å². The minimum Gasteiger partial charge on any atom is -0.481 e. The van der Waals surface area contributed by atoms with Gasteiger partial charge in [-0.2, -0.15) is 0 Å². The van der Waals surface area contributed by atoms with Gasteiger partial charge in [-0.3, -0.25) is 4.79 Å². The minimum absolute atomic E-state index is 0.233. The first kappa shape index (κ1) is 16.8. The molecule has 1 rings (SSSR count). The van der Waals surface area contributed by atoms with Crippen LogP contribution in [-0.2, 0) is 9.53 Å². The van der Waals surface area contributed by atoms with E-state index in [2.05, 4.69) is 5.32 Å². The number of aliphatic hydroxyl groups excluding tert-OH is 1. The first-order chi connectivity index (χ1) is 9.10. The van der Waals surface area contributed by atoms with Gasteiger partial charge in [0.05, 0.1) is 11.5 Å². The maximum absolute atomic E-state index is 11.7. The lowest BCUT2D eigenvalue weighted by molar-refractivity contribution is -0.156. The van der Waals surface area contributed by atoms with Crippen molar-refractivity contribution >= 4 is 12.1 Å². The molecule has 116 valence electrons. The highest BCUT2D eigenvalue weighted by Crippen LogP contribution is 2.42. The molecule has 0 aromatic heterocycles. The Morgan fingerprint density at radius 3 is 2.50 bits per heavy atom. The highest BCUT2D eigenvalue weighted by atomic mass is 16.6. The lowest BCUT2D eigenvalue weighted by atomic mass is 9.79. The van der Waals surface area contributed by atoms with Crippen molar-refractivity contribution in [2.45, 2.75) is 71.1 Å². The van der Waals surface area contributed by atoms with Crippen molar-refractivity contribution in [2.24, 2.45) is 5.41 Å². The SMILES string of the molecule is CCC(O)C1(C(=O)O)CCC(NC(=O)OC(C)(C)C)C1. The van der Waals surface area contributed by atoms with E-state index in [1.165, 1.54) is 0 Å². The zero-order chi connectivity index (χ0) is 15.6. The van der Waals surface area contributed by atoms with Gasteiger partial charge in [0.1, 0.15) is 5.60 Å². The highest BCUT2D eigenvalue weighted by Gasteiger charge is 2.50. The molecule has 0 heterocycles. The number of alkyl carbamates (subject to hydrolysis) is 1. The van der Waals surface area contributed by atoms with Crippen LogP contribution in [0.5, 0.6) is 0 Å². The van der Waals surface area contributed by atoms with Crippen molar-refractivity contribution in [3.63, 3.8) is 0 Å². The molecular formula is C14H25NO5. The third-order valence-electron chi connectivity index (χ3n) is 3.72. The van der Waals surface area contributed by atoms with E-state index in [1.807, 2.05) is 0 Å². The maximum atomic E-state index is 11.7. The normalized spacial score (nSPS) is 27.9. The van der Waals surface area contributed by atoms with Gasteiger partial charge in [0, 0.05) is 6.04 Å². The molecule has 0 bridgehead atoms. The summed E-state index contributed by atoms with van der Waals surface area (Å²) in [5.41, 5.74) is -1.75. The van der Waals surface area contributed by atoms with Crippen molar-refractivity contribution in [1.29, 1.82) is 0 Å². The number of hydrogen-bond acceptors (Lipinski definition) is 4. The summed E-state index contributed by atoms with van der Waals surface area (Å²) in [6.45, 7) is 7.06. The summed E-state index contributed by atoms with van der Waals surface area (Å²) in [5, 5.41) is 22.1. The topological polar surface area (TPSA) is 95.9 Å². The van der Waals surface area contributed by atoms with Crippen LogP contribution in [-0.4, -0.2) is 40.0 Å². The second kappa shape index (κ2) is 5.99. The predicted molar refractivity (Wildman–Crippen MR) is 73.4 cm³/mol. The van der Waals surface area contributed by atoms with Gasteiger partial charge >= 0.3 is 12.1 Å². The van der Waals surface area contributed by atoms with E-state index in [-0.39, 0.29) is 12.5 Å². The summed E-state index contributed by atoms with van der Waals surface area (Å²) in [4.78, 5) is 23.2. The molecule has 0 saturated heterocycles. The van der Waals surface area contributed by atoms with E-state index in [4.69, 9.17) is 4.74 Å². The fraction of sp³-hybridized carbons (Fsp3) is 0.857. The molecule has 0 aromatic carbocycles. The van der Waals surface area contributed by atoms with E-state index >= 15 is 0 Å². The van der Waals surface area contributed by atoms with E-state index in [9.17, 15) is 19.8 Å². The van der Waals surface area contributed by atoms with Crippen molar-refractivity contribution in [3.05, 3.63) is 0 Å². The Bertz CT molecular complexity index is 376. The van der Waals surface area contributed by atoms with Crippen LogP contribution in [0.25, 0.3) is 0 Å². The number of rotatable bonds is 4. The van der Waals surface area contributed by atoms with Gasteiger partial charge in [-0.05, 0) is 46.5 Å². The second-order valence-corrected chi connectivity index (χ2v) is 6.47. The summed E-state index contributed by atoms with van der Waals surface area (Å²) in [5.74, 6) is -1.000. The summed E-state index contributed by atoms with van der Waals surface area (Å²) in [6.07, 6.45) is 0.0581. The van der Waals surface area contributed by atoms with Crippen LogP contribution in [0, 0.1) is 5.41 Å². The molecule has 1 fully saturated rings. The van der Waals surface area contributed by atoms with E-state index in [1.54, 1.807) is 27.7 Å². The van der Waals surface area contributed by atoms with Crippen LogP contribution in [0.4, 0.5) is 4.79 Å².